The van der Waals surface area contributed by atoms with Crippen LogP contribution in [-0.2, 0) is 4.79 Å². The van der Waals surface area contributed by atoms with Crippen LogP contribution in [-0.4, -0.2) is 49.6 Å². The molecule has 2 rings (SSSR count). The summed E-state index contributed by atoms with van der Waals surface area (Å²) in [7, 11) is 0. The summed E-state index contributed by atoms with van der Waals surface area (Å²) < 4.78 is 0. The van der Waals surface area contributed by atoms with Gasteiger partial charge < -0.3 is 15.5 Å². The third kappa shape index (κ3) is 3.47. The number of carbonyl (C=O) groups excluding carboxylic acids is 1. The van der Waals surface area contributed by atoms with Crippen LogP contribution in [0.1, 0.15) is 25.7 Å². The van der Waals surface area contributed by atoms with E-state index in [-0.39, 0.29) is 5.91 Å². The Balaban J connectivity index is 1.67. The zero-order valence-corrected chi connectivity index (χ0v) is 9.30. The van der Waals surface area contributed by atoms with Crippen LogP contribution in [0.3, 0.4) is 0 Å². The predicted molar refractivity (Wildman–Crippen MR) is 59.7 cm³/mol. The topological polar surface area (TPSA) is 44.4 Å². The first-order chi connectivity index (χ1) is 7.34. The molecule has 2 fully saturated rings. The zero-order valence-electron chi connectivity index (χ0n) is 9.30. The Morgan fingerprint density at radius 1 is 1.33 bits per heavy atom. The Labute approximate surface area is 91.4 Å². The van der Waals surface area contributed by atoms with Crippen LogP contribution in [0.2, 0.25) is 0 Å². The van der Waals surface area contributed by atoms with Crippen LogP contribution >= 0.6 is 0 Å². The number of hydrogen-bond donors (Lipinski definition) is 2. The van der Waals surface area contributed by atoms with Gasteiger partial charge in [-0.15, -0.1) is 0 Å². The highest BCUT2D eigenvalue weighted by molar-refractivity contribution is 5.76. The second kappa shape index (κ2) is 5.47. The van der Waals surface area contributed by atoms with Gasteiger partial charge in [-0.25, -0.2) is 0 Å². The van der Waals surface area contributed by atoms with Crippen molar-refractivity contribution in [3.63, 3.8) is 0 Å². The van der Waals surface area contributed by atoms with Gasteiger partial charge >= 0.3 is 0 Å². The van der Waals surface area contributed by atoms with Crippen molar-refractivity contribution in [3.05, 3.63) is 0 Å². The number of nitrogens with zero attached hydrogens (tertiary/aromatic N) is 1. The molecule has 0 aliphatic carbocycles. The van der Waals surface area contributed by atoms with E-state index in [1.807, 2.05) is 0 Å². The molecule has 4 heteroatoms. The highest BCUT2D eigenvalue weighted by Crippen LogP contribution is 2.09. The SMILES string of the molecule is O=C1CCN(CCC2CCCN2)CCN1. The third-order valence-electron chi connectivity index (χ3n) is 3.36. The van der Waals surface area contributed by atoms with E-state index in [9.17, 15) is 4.79 Å². The number of nitrogens with one attached hydrogen (secondary N) is 2. The van der Waals surface area contributed by atoms with Crippen molar-refractivity contribution in [1.29, 1.82) is 0 Å². The lowest BCUT2D eigenvalue weighted by atomic mass is 10.1. The molecule has 15 heavy (non-hydrogen) atoms. The van der Waals surface area contributed by atoms with Crippen LogP contribution < -0.4 is 10.6 Å². The summed E-state index contributed by atoms with van der Waals surface area (Å²) in [6.07, 6.45) is 4.54. The fourth-order valence-corrected chi connectivity index (χ4v) is 2.38. The molecule has 2 aliphatic heterocycles. The first kappa shape index (κ1) is 10.9. The second-order valence-electron chi connectivity index (χ2n) is 4.52. The molecule has 2 saturated heterocycles. The van der Waals surface area contributed by atoms with Crippen LogP contribution in [0, 0.1) is 0 Å². The average molecular weight is 211 g/mol. The zero-order chi connectivity index (χ0) is 10.5. The molecule has 2 N–H and O–H groups in total. The lowest BCUT2D eigenvalue weighted by Crippen LogP contribution is -2.33. The molecule has 0 aromatic carbocycles. The van der Waals surface area contributed by atoms with Gasteiger partial charge in [0.05, 0.1) is 0 Å². The lowest BCUT2D eigenvalue weighted by molar-refractivity contribution is -0.120. The molecule has 0 bridgehead atoms. The second-order valence-corrected chi connectivity index (χ2v) is 4.52. The van der Waals surface area contributed by atoms with Crippen molar-refractivity contribution in [3.8, 4) is 0 Å². The summed E-state index contributed by atoms with van der Waals surface area (Å²) in [4.78, 5) is 13.5. The van der Waals surface area contributed by atoms with Crippen molar-refractivity contribution in [2.24, 2.45) is 0 Å². The average Bonchev–Trinajstić information content (AvgIpc) is 2.66. The van der Waals surface area contributed by atoms with Crippen LogP contribution in [0.4, 0.5) is 0 Å². The number of carbonyl (C=O) groups is 1. The number of amides is 1. The van der Waals surface area contributed by atoms with Crippen molar-refractivity contribution in [1.82, 2.24) is 15.5 Å². The molecular weight excluding hydrogens is 190 g/mol. The Hall–Kier alpha value is -0.610. The Kier molecular flexibility index (Phi) is 3.97. The Morgan fingerprint density at radius 3 is 3.07 bits per heavy atom. The van der Waals surface area contributed by atoms with Crippen LogP contribution in [0.25, 0.3) is 0 Å². The van der Waals surface area contributed by atoms with Gasteiger partial charge in [0.1, 0.15) is 0 Å². The fraction of sp³-hybridized carbons (Fsp3) is 0.909. The van der Waals surface area contributed by atoms with Crippen molar-refractivity contribution in [2.45, 2.75) is 31.7 Å². The van der Waals surface area contributed by atoms with Gasteiger partial charge in [0.15, 0.2) is 0 Å². The first-order valence-corrected chi connectivity index (χ1v) is 6.07. The van der Waals surface area contributed by atoms with E-state index >= 15 is 0 Å². The first-order valence-electron chi connectivity index (χ1n) is 6.07. The number of rotatable bonds is 3. The highest BCUT2D eigenvalue weighted by atomic mass is 16.1. The van der Waals surface area contributed by atoms with Gasteiger partial charge in [-0.3, -0.25) is 4.79 Å². The summed E-state index contributed by atoms with van der Waals surface area (Å²) in [6, 6.07) is 0.719. The van der Waals surface area contributed by atoms with Gasteiger partial charge in [0.25, 0.3) is 0 Å². The minimum Gasteiger partial charge on any atom is -0.355 e. The maximum absolute atomic E-state index is 11.1. The minimum absolute atomic E-state index is 0.205. The molecule has 86 valence electrons. The molecule has 1 amide bonds. The number of hydrogen-bond acceptors (Lipinski definition) is 3. The van der Waals surface area contributed by atoms with Gasteiger partial charge in [-0.05, 0) is 32.4 Å². The van der Waals surface area contributed by atoms with Crippen molar-refractivity contribution >= 4 is 5.91 Å². The molecular formula is C11H21N3O. The predicted octanol–water partition coefficient (Wildman–Crippen LogP) is -0.0496. The van der Waals surface area contributed by atoms with Crippen LogP contribution in [0.5, 0.6) is 0 Å². The third-order valence-corrected chi connectivity index (χ3v) is 3.36. The molecule has 2 aliphatic rings. The summed E-state index contributed by atoms with van der Waals surface area (Å²) in [5.41, 5.74) is 0. The maximum atomic E-state index is 11.1. The van der Waals surface area contributed by atoms with Crippen LogP contribution in [0.15, 0.2) is 0 Å². The van der Waals surface area contributed by atoms with Gasteiger partial charge in [0, 0.05) is 32.1 Å². The molecule has 4 nitrogen and oxygen atoms in total. The quantitative estimate of drug-likeness (QED) is 0.688. The molecule has 2 heterocycles. The summed E-state index contributed by atoms with van der Waals surface area (Å²) >= 11 is 0. The molecule has 1 atom stereocenters. The van der Waals surface area contributed by atoms with E-state index < -0.39 is 0 Å². The van der Waals surface area contributed by atoms with E-state index in [4.69, 9.17) is 0 Å². The Bertz CT molecular complexity index is 214. The molecule has 0 saturated carbocycles. The van der Waals surface area contributed by atoms with Crippen molar-refractivity contribution in [2.75, 3.05) is 32.7 Å². The minimum atomic E-state index is 0.205. The van der Waals surface area contributed by atoms with E-state index in [0.717, 1.165) is 32.2 Å². The molecule has 0 aromatic rings. The fourth-order valence-electron chi connectivity index (χ4n) is 2.38. The summed E-state index contributed by atoms with van der Waals surface area (Å²) in [5.74, 6) is 0.205. The van der Waals surface area contributed by atoms with Crippen molar-refractivity contribution < 1.29 is 4.79 Å². The maximum Gasteiger partial charge on any atom is 0.221 e. The van der Waals surface area contributed by atoms with E-state index in [2.05, 4.69) is 15.5 Å². The largest absolute Gasteiger partial charge is 0.355 e. The normalized spacial score (nSPS) is 28.8. The lowest BCUT2D eigenvalue weighted by Gasteiger charge is -2.20. The summed E-state index contributed by atoms with van der Waals surface area (Å²) in [6.45, 7) is 5.07. The standard InChI is InChI=1S/C11H21N3O/c15-11-4-8-14(9-6-13-11)7-3-10-2-1-5-12-10/h10,12H,1-9H2,(H,13,15). The highest BCUT2D eigenvalue weighted by Gasteiger charge is 2.17. The van der Waals surface area contributed by atoms with Gasteiger partial charge in [-0.1, -0.05) is 0 Å². The van der Waals surface area contributed by atoms with E-state index in [1.54, 1.807) is 0 Å². The van der Waals surface area contributed by atoms with E-state index in [0.29, 0.717) is 6.42 Å². The Morgan fingerprint density at radius 2 is 2.27 bits per heavy atom. The van der Waals surface area contributed by atoms with E-state index in [1.165, 1.54) is 25.8 Å². The smallest absolute Gasteiger partial charge is 0.221 e. The molecule has 1 unspecified atom stereocenters. The van der Waals surface area contributed by atoms with Gasteiger partial charge in [-0.2, -0.15) is 0 Å². The molecule has 0 aromatic heterocycles. The van der Waals surface area contributed by atoms with Gasteiger partial charge in [0.2, 0.25) is 5.91 Å². The monoisotopic (exact) mass is 211 g/mol. The molecule has 0 radical (unpaired) electrons. The molecule has 0 spiro atoms. The summed E-state index contributed by atoms with van der Waals surface area (Å²) in [5, 5.41) is 6.42.